The first-order chi connectivity index (χ1) is 6.77. The van der Waals surface area contributed by atoms with Gasteiger partial charge in [0.1, 0.15) is 5.82 Å². The molecule has 86 valence electrons. The van der Waals surface area contributed by atoms with Gasteiger partial charge >= 0.3 is 0 Å². The molecule has 0 amide bonds. The van der Waals surface area contributed by atoms with E-state index in [1.54, 1.807) is 0 Å². The molecule has 0 spiro atoms. The average Bonchev–Trinajstić information content (AvgIpc) is 2.50. The van der Waals surface area contributed by atoms with Crippen molar-refractivity contribution in [1.29, 1.82) is 0 Å². The van der Waals surface area contributed by atoms with Crippen molar-refractivity contribution in [2.75, 3.05) is 0 Å². The van der Waals surface area contributed by atoms with Gasteiger partial charge < -0.3 is 10.7 Å². The van der Waals surface area contributed by atoms with Crippen molar-refractivity contribution in [2.24, 2.45) is 5.73 Å². The minimum atomic E-state index is -0.335. The molecule has 1 heterocycles. The van der Waals surface area contributed by atoms with Crippen LogP contribution in [-0.2, 0) is 11.0 Å². The highest BCUT2D eigenvalue weighted by atomic mass is 15.0. The Balaban J connectivity index is 2.94. The molecule has 0 fully saturated rings. The molecule has 0 bridgehead atoms. The van der Waals surface area contributed by atoms with E-state index in [1.807, 2.05) is 13.1 Å². The van der Waals surface area contributed by atoms with Gasteiger partial charge in [-0.05, 0) is 13.3 Å². The molecule has 15 heavy (non-hydrogen) atoms. The van der Waals surface area contributed by atoms with Crippen LogP contribution in [0, 0.1) is 0 Å². The molecule has 0 saturated carbocycles. The zero-order valence-corrected chi connectivity index (χ0v) is 10.5. The molecule has 0 radical (unpaired) electrons. The SMILES string of the molecule is CCCC(C)(N)c1ncc(C(C)(C)C)[nH]1. The Morgan fingerprint density at radius 3 is 2.33 bits per heavy atom. The Morgan fingerprint density at radius 2 is 1.93 bits per heavy atom. The van der Waals surface area contributed by atoms with Gasteiger partial charge in [0, 0.05) is 17.3 Å². The lowest BCUT2D eigenvalue weighted by molar-refractivity contribution is 0.421. The average molecular weight is 209 g/mol. The van der Waals surface area contributed by atoms with Crippen molar-refractivity contribution in [3.05, 3.63) is 17.7 Å². The van der Waals surface area contributed by atoms with E-state index in [0.29, 0.717) is 0 Å². The van der Waals surface area contributed by atoms with E-state index in [0.717, 1.165) is 24.4 Å². The molecule has 1 aromatic rings. The number of rotatable bonds is 3. The second-order valence-corrected chi connectivity index (χ2v) is 5.56. The molecule has 3 heteroatoms. The van der Waals surface area contributed by atoms with Gasteiger partial charge in [-0.1, -0.05) is 34.1 Å². The quantitative estimate of drug-likeness (QED) is 0.804. The molecule has 0 aliphatic rings. The van der Waals surface area contributed by atoms with E-state index < -0.39 is 0 Å². The summed E-state index contributed by atoms with van der Waals surface area (Å²) in [5.41, 5.74) is 7.12. The minimum Gasteiger partial charge on any atom is -0.344 e. The highest BCUT2D eigenvalue weighted by Gasteiger charge is 2.25. The molecule has 1 atom stereocenters. The fourth-order valence-corrected chi connectivity index (χ4v) is 1.63. The summed E-state index contributed by atoms with van der Waals surface area (Å²) in [6, 6.07) is 0. The van der Waals surface area contributed by atoms with Crippen molar-refractivity contribution in [1.82, 2.24) is 9.97 Å². The van der Waals surface area contributed by atoms with Crippen LogP contribution in [0.1, 0.15) is 59.0 Å². The minimum absolute atomic E-state index is 0.105. The number of hydrogen-bond donors (Lipinski definition) is 2. The zero-order chi connectivity index (χ0) is 11.7. The van der Waals surface area contributed by atoms with Crippen LogP contribution < -0.4 is 5.73 Å². The van der Waals surface area contributed by atoms with Crippen molar-refractivity contribution in [3.8, 4) is 0 Å². The molecular formula is C12H23N3. The predicted octanol–water partition coefficient (Wildman–Crippen LogP) is 2.68. The lowest BCUT2D eigenvalue weighted by Crippen LogP contribution is -2.34. The first kappa shape index (κ1) is 12.2. The molecular weight excluding hydrogens is 186 g/mol. The Labute approximate surface area is 92.5 Å². The van der Waals surface area contributed by atoms with E-state index in [1.165, 1.54) is 0 Å². The highest BCUT2D eigenvalue weighted by molar-refractivity contribution is 5.15. The van der Waals surface area contributed by atoms with Crippen LogP contribution in [0.25, 0.3) is 0 Å². The smallest absolute Gasteiger partial charge is 0.126 e. The van der Waals surface area contributed by atoms with Crippen LogP contribution in [0.3, 0.4) is 0 Å². The third-order valence-electron chi connectivity index (χ3n) is 2.69. The molecule has 3 N–H and O–H groups in total. The van der Waals surface area contributed by atoms with Crippen LogP contribution >= 0.6 is 0 Å². The van der Waals surface area contributed by atoms with E-state index in [4.69, 9.17) is 5.73 Å². The second kappa shape index (κ2) is 3.97. The van der Waals surface area contributed by atoms with E-state index in [2.05, 4.69) is 37.7 Å². The van der Waals surface area contributed by atoms with Crippen LogP contribution in [0.4, 0.5) is 0 Å². The summed E-state index contributed by atoms with van der Waals surface area (Å²) >= 11 is 0. The van der Waals surface area contributed by atoms with Gasteiger partial charge in [-0.15, -0.1) is 0 Å². The van der Waals surface area contributed by atoms with E-state index in [9.17, 15) is 0 Å². The van der Waals surface area contributed by atoms with Gasteiger partial charge in [0.15, 0.2) is 0 Å². The monoisotopic (exact) mass is 209 g/mol. The van der Waals surface area contributed by atoms with Crippen molar-refractivity contribution in [2.45, 2.75) is 58.4 Å². The molecule has 0 aliphatic heterocycles. The number of imidazole rings is 1. The molecule has 1 unspecified atom stereocenters. The Hall–Kier alpha value is -0.830. The van der Waals surface area contributed by atoms with E-state index in [-0.39, 0.29) is 11.0 Å². The first-order valence-corrected chi connectivity index (χ1v) is 5.62. The first-order valence-electron chi connectivity index (χ1n) is 5.62. The summed E-state index contributed by atoms with van der Waals surface area (Å²) in [6.45, 7) is 10.7. The van der Waals surface area contributed by atoms with Crippen molar-refractivity contribution in [3.63, 3.8) is 0 Å². The van der Waals surface area contributed by atoms with Crippen molar-refractivity contribution < 1.29 is 0 Å². The molecule has 0 aliphatic carbocycles. The number of aromatic nitrogens is 2. The molecule has 1 rings (SSSR count). The summed E-state index contributed by atoms with van der Waals surface area (Å²) in [4.78, 5) is 7.73. The maximum Gasteiger partial charge on any atom is 0.126 e. The molecule has 0 saturated heterocycles. The van der Waals surface area contributed by atoms with Crippen LogP contribution in [-0.4, -0.2) is 9.97 Å². The van der Waals surface area contributed by atoms with Gasteiger partial charge in [-0.3, -0.25) is 0 Å². The predicted molar refractivity (Wildman–Crippen MR) is 63.7 cm³/mol. The van der Waals surface area contributed by atoms with E-state index >= 15 is 0 Å². The van der Waals surface area contributed by atoms with Gasteiger partial charge in [-0.25, -0.2) is 4.98 Å². The highest BCUT2D eigenvalue weighted by Crippen LogP contribution is 2.25. The number of nitrogens with zero attached hydrogens (tertiary/aromatic N) is 1. The Kier molecular flexibility index (Phi) is 3.24. The van der Waals surface area contributed by atoms with Crippen molar-refractivity contribution >= 4 is 0 Å². The number of hydrogen-bond acceptors (Lipinski definition) is 2. The largest absolute Gasteiger partial charge is 0.344 e. The van der Waals surface area contributed by atoms with Gasteiger partial charge in [0.2, 0.25) is 0 Å². The standard InChI is InChI=1S/C12H23N3/c1-6-7-12(5,13)10-14-8-9(15-10)11(2,3)4/h8H,6-7,13H2,1-5H3,(H,14,15). The fraction of sp³-hybridized carbons (Fsp3) is 0.750. The molecule has 1 aromatic heterocycles. The van der Waals surface area contributed by atoms with Gasteiger partial charge in [-0.2, -0.15) is 0 Å². The Morgan fingerprint density at radius 1 is 1.33 bits per heavy atom. The zero-order valence-electron chi connectivity index (χ0n) is 10.5. The summed E-state index contributed by atoms with van der Waals surface area (Å²) in [5.74, 6) is 0.897. The maximum absolute atomic E-state index is 6.21. The van der Waals surface area contributed by atoms with Gasteiger partial charge in [0.25, 0.3) is 0 Å². The number of H-pyrrole nitrogens is 1. The third kappa shape index (κ3) is 2.81. The maximum atomic E-state index is 6.21. The topological polar surface area (TPSA) is 54.7 Å². The molecule has 3 nitrogen and oxygen atoms in total. The normalized spacial score (nSPS) is 16.4. The number of aromatic amines is 1. The number of nitrogens with two attached hydrogens (primary N) is 1. The summed E-state index contributed by atoms with van der Waals surface area (Å²) in [7, 11) is 0. The second-order valence-electron chi connectivity index (χ2n) is 5.56. The molecule has 0 aromatic carbocycles. The van der Waals surface area contributed by atoms with Crippen LogP contribution in [0.2, 0.25) is 0 Å². The fourth-order valence-electron chi connectivity index (χ4n) is 1.63. The Bertz CT molecular complexity index is 318. The van der Waals surface area contributed by atoms with Crippen LogP contribution in [0.15, 0.2) is 6.20 Å². The van der Waals surface area contributed by atoms with Crippen LogP contribution in [0.5, 0.6) is 0 Å². The number of nitrogens with one attached hydrogen (secondary N) is 1. The lowest BCUT2D eigenvalue weighted by atomic mass is 9.93. The lowest BCUT2D eigenvalue weighted by Gasteiger charge is -2.22. The summed E-state index contributed by atoms with van der Waals surface area (Å²) < 4.78 is 0. The summed E-state index contributed by atoms with van der Waals surface area (Å²) in [5, 5.41) is 0. The summed E-state index contributed by atoms with van der Waals surface area (Å²) in [6.07, 6.45) is 3.92. The van der Waals surface area contributed by atoms with Gasteiger partial charge in [0.05, 0.1) is 5.54 Å². The third-order valence-corrected chi connectivity index (χ3v) is 2.69.